The predicted molar refractivity (Wildman–Crippen MR) is 101 cm³/mol. The molecule has 0 saturated carbocycles. The molecule has 0 saturated heterocycles. The van der Waals surface area contributed by atoms with Gasteiger partial charge in [0.2, 0.25) is 5.82 Å². The fraction of sp³-hybridized carbons (Fsp3) is 0.158. The highest BCUT2D eigenvalue weighted by molar-refractivity contribution is 6.30. The number of primary amides is 1. The number of urea groups is 1. The van der Waals surface area contributed by atoms with Gasteiger partial charge in [-0.15, -0.1) is 0 Å². The zero-order valence-electron chi connectivity index (χ0n) is 14.7. The first-order valence-electron chi connectivity index (χ1n) is 8.36. The molecule has 3 N–H and O–H groups in total. The van der Waals surface area contributed by atoms with Gasteiger partial charge in [0.1, 0.15) is 0 Å². The lowest BCUT2D eigenvalue weighted by molar-refractivity contribution is -0.146. The Labute approximate surface area is 165 Å². The number of esters is 1. The van der Waals surface area contributed by atoms with Crippen molar-refractivity contribution < 1.29 is 18.8 Å². The number of hydrogen-bond acceptors (Lipinski definition) is 6. The summed E-state index contributed by atoms with van der Waals surface area (Å²) in [5, 5.41) is 6.91. The molecule has 0 unspecified atom stereocenters. The van der Waals surface area contributed by atoms with Gasteiger partial charge in [0, 0.05) is 10.6 Å². The van der Waals surface area contributed by atoms with Gasteiger partial charge in [0.15, 0.2) is 6.61 Å². The molecule has 0 aliphatic heterocycles. The molecule has 1 atom stereocenters. The lowest BCUT2D eigenvalue weighted by atomic mass is 10.0. The molecule has 144 valence electrons. The quantitative estimate of drug-likeness (QED) is 0.587. The number of benzene rings is 2. The topological polar surface area (TPSA) is 120 Å². The highest BCUT2D eigenvalue weighted by Crippen LogP contribution is 2.20. The number of rotatable bonds is 7. The summed E-state index contributed by atoms with van der Waals surface area (Å²) in [6, 6.07) is 14.6. The van der Waals surface area contributed by atoms with Crippen LogP contribution in [0.2, 0.25) is 5.02 Å². The third-order valence-corrected chi connectivity index (χ3v) is 4.07. The van der Waals surface area contributed by atoms with Gasteiger partial charge in [-0.25, -0.2) is 4.79 Å². The number of halogens is 1. The monoisotopic (exact) mass is 400 g/mol. The molecule has 8 nitrogen and oxygen atoms in total. The first-order valence-corrected chi connectivity index (χ1v) is 8.74. The average Bonchev–Trinajstić information content (AvgIpc) is 3.16. The minimum absolute atomic E-state index is 0.121. The van der Waals surface area contributed by atoms with Crippen LogP contribution in [0.4, 0.5) is 4.79 Å². The van der Waals surface area contributed by atoms with Crippen LogP contribution >= 0.6 is 11.6 Å². The predicted octanol–water partition coefficient (Wildman–Crippen LogP) is 3.23. The lowest BCUT2D eigenvalue weighted by Gasteiger charge is -2.17. The van der Waals surface area contributed by atoms with Gasteiger partial charge < -0.3 is 20.3 Å². The summed E-state index contributed by atoms with van der Waals surface area (Å²) < 4.78 is 10.3. The Bertz CT molecular complexity index is 944. The number of nitrogens with zero attached hydrogens (tertiary/aromatic N) is 2. The Balaban J connectivity index is 1.59. The van der Waals surface area contributed by atoms with Gasteiger partial charge in [-0.05, 0) is 17.7 Å². The molecule has 0 radical (unpaired) electrons. The maximum absolute atomic E-state index is 12.2. The molecule has 1 heterocycles. The van der Waals surface area contributed by atoms with Gasteiger partial charge in [-0.3, -0.25) is 4.79 Å². The molecule has 0 aliphatic rings. The van der Waals surface area contributed by atoms with E-state index in [0.717, 1.165) is 5.56 Å². The fourth-order valence-corrected chi connectivity index (χ4v) is 2.63. The van der Waals surface area contributed by atoms with Gasteiger partial charge in [0.25, 0.3) is 5.89 Å². The van der Waals surface area contributed by atoms with Crippen LogP contribution in [0.25, 0.3) is 11.4 Å². The Morgan fingerprint density at radius 2 is 1.86 bits per heavy atom. The van der Waals surface area contributed by atoms with Gasteiger partial charge in [0.05, 0.1) is 12.5 Å². The molecule has 0 spiro atoms. The Morgan fingerprint density at radius 1 is 1.14 bits per heavy atom. The molecular weight excluding hydrogens is 384 g/mol. The largest absolute Gasteiger partial charge is 0.455 e. The maximum Gasteiger partial charge on any atom is 0.312 e. The minimum atomic E-state index is -0.753. The SMILES string of the molecule is NC(=O)N[C@H](CC(=O)OCc1nc(-c2ccccc2)no1)c1ccc(Cl)cc1. The van der Waals surface area contributed by atoms with Crippen LogP contribution in [0.1, 0.15) is 23.9 Å². The molecular formula is C19H17ClN4O4. The molecule has 9 heteroatoms. The van der Waals surface area contributed by atoms with Crippen molar-refractivity contribution in [1.82, 2.24) is 15.5 Å². The van der Waals surface area contributed by atoms with Crippen LogP contribution in [0.3, 0.4) is 0 Å². The van der Waals surface area contributed by atoms with Gasteiger partial charge in [-0.2, -0.15) is 4.98 Å². The molecule has 28 heavy (non-hydrogen) atoms. The lowest BCUT2D eigenvalue weighted by Crippen LogP contribution is -2.34. The van der Waals surface area contributed by atoms with E-state index in [9.17, 15) is 9.59 Å². The first-order chi connectivity index (χ1) is 13.5. The van der Waals surface area contributed by atoms with Crippen molar-refractivity contribution in [3.63, 3.8) is 0 Å². The zero-order valence-corrected chi connectivity index (χ0v) is 15.4. The fourth-order valence-electron chi connectivity index (χ4n) is 2.50. The van der Waals surface area contributed by atoms with Crippen LogP contribution in [-0.4, -0.2) is 22.1 Å². The summed E-state index contributed by atoms with van der Waals surface area (Å²) in [6.07, 6.45) is -0.121. The number of nitrogens with two attached hydrogens (primary N) is 1. The number of ether oxygens (including phenoxy) is 1. The normalized spacial score (nSPS) is 11.6. The number of hydrogen-bond donors (Lipinski definition) is 2. The highest BCUT2D eigenvalue weighted by atomic mass is 35.5. The van der Waals surface area contributed by atoms with E-state index < -0.39 is 18.0 Å². The van der Waals surface area contributed by atoms with Crippen molar-refractivity contribution in [1.29, 1.82) is 0 Å². The average molecular weight is 401 g/mol. The molecule has 0 bridgehead atoms. The van der Waals surface area contributed by atoms with Crippen LogP contribution in [-0.2, 0) is 16.1 Å². The van der Waals surface area contributed by atoms with E-state index in [-0.39, 0.29) is 18.9 Å². The van der Waals surface area contributed by atoms with Crippen molar-refractivity contribution in [3.05, 3.63) is 71.1 Å². The van der Waals surface area contributed by atoms with Crippen LogP contribution in [0, 0.1) is 0 Å². The smallest absolute Gasteiger partial charge is 0.312 e. The molecule has 0 fully saturated rings. The second-order valence-electron chi connectivity index (χ2n) is 5.86. The summed E-state index contributed by atoms with van der Waals surface area (Å²) in [7, 11) is 0. The standard InChI is InChI=1S/C19H17ClN4O4/c20-14-8-6-12(7-9-14)15(22-19(21)26)10-17(25)27-11-16-23-18(24-28-16)13-4-2-1-3-5-13/h1-9,15H,10-11H2,(H3,21,22,26)/t15-/m1/s1. The van der Waals surface area contributed by atoms with E-state index in [2.05, 4.69) is 15.5 Å². The van der Waals surface area contributed by atoms with Crippen molar-refractivity contribution in [2.75, 3.05) is 0 Å². The van der Waals surface area contributed by atoms with E-state index >= 15 is 0 Å². The number of nitrogens with one attached hydrogen (secondary N) is 1. The van der Waals surface area contributed by atoms with Crippen molar-refractivity contribution in [3.8, 4) is 11.4 Å². The molecule has 3 rings (SSSR count). The van der Waals surface area contributed by atoms with E-state index in [0.29, 0.717) is 16.4 Å². The number of aromatic nitrogens is 2. The third kappa shape index (κ3) is 5.31. The Kier molecular flexibility index (Phi) is 6.23. The van der Waals surface area contributed by atoms with E-state index in [1.165, 1.54) is 0 Å². The summed E-state index contributed by atoms with van der Waals surface area (Å²) in [5.74, 6) is 0.00681. The van der Waals surface area contributed by atoms with E-state index in [4.69, 9.17) is 26.6 Å². The molecule has 3 aromatic rings. The second-order valence-corrected chi connectivity index (χ2v) is 6.29. The van der Waals surface area contributed by atoms with Crippen LogP contribution in [0.5, 0.6) is 0 Å². The summed E-state index contributed by atoms with van der Waals surface area (Å²) in [5.41, 5.74) is 6.66. The number of amides is 2. The highest BCUT2D eigenvalue weighted by Gasteiger charge is 2.19. The van der Waals surface area contributed by atoms with Crippen molar-refractivity contribution in [2.24, 2.45) is 5.73 Å². The summed E-state index contributed by atoms with van der Waals surface area (Å²) in [6.45, 7) is -0.178. The maximum atomic E-state index is 12.2. The van der Waals surface area contributed by atoms with Crippen LogP contribution < -0.4 is 11.1 Å². The Hall–Kier alpha value is -3.39. The summed E-state index contributed by atoms with van der Waals surface area (Å²) >= 11 is 5.86. The Morgan fingerprint density at radius 3 is 2.54 bits per heavy atom. The third-order valence-electron chi connectivity index (χ3n) is 3.82. The molecule has 2 amide bonds. The van der Waals surface area contributed by atoms with Gasteiger partial charge >= 0.3 is 12.0 Å². The molecule has 2 aromatic carbocycles. The second kappa shape index (κ2) is 9.01. The van der Waals surface area contributed by atoms with E-state index in [1.54, 1.807) is 24.3 Å². The zero-order chi connectivity index (χ0) is 19.9. The van der Waals surface area contributed by atoms with Crippen molar-refractivity contribution in [2.45, 2.75) is 19.1 Å². The molecule has 0 aliphatic carbocycles. The molecule has 1 aromatic heterocycles. The van der Waals surface area contributed by atoms with Crippen molar-refractivity contribution >= 4 is 23.6 Å². The summed E-state index contributed by atoms with van der Waals surface area (Å²) in [4.78, 5) is 27.6. The van der Waals surface area contributed by atoms with E-state index in [1.807, 2.05) is 30.3 Å². The van der Waals surface area contributed by atoms with Gasteiger partial charge in [-0.1, -0.05) is 59.2 Å². The number of carbonyl (C=O) groups is 2. The number of carbonyl (C=O) groups excluding carboxylic acids is 2. The first kappa shape index (κ1) is 19.4. The van der Waals surface area contributed by atoms with Crippen LogP contribution in [0.15, 0.2) is 59.1 Å². The minimum Gasteiger partial charge on any atom is -0.455 e.